The van der Waals surface area contributed by atoms with Gasteiger partial charge in [0.15, 0.2) is 5.75 Å². The van der Waals surface area contributed by atoms with Gasteiger partial charge in [-0.25, -0.2) is 12.8 Å². The van der Waals surface area contributed by atoms with Crippen LogP contribution in [0.4, 0.5) is 23.2 Å². The molecule has 0 bridgehead atoms. The Morgan fingerprint density at radius 2 is 1.67 bits per heavy atom. The van der Waals surface area contributed by atoms with Crippen molar-refractivity contribution in [3.05, 3.63) is 53.3 Å². The van der Waals surface area contributed by atoms with Gasteiger partial charge in [0, 0.05) is 6.07 Å². The van der Waals surface area contributed by atoms with E-state index in [1.54, 1.807) is 6.92 Å². The van der Waals surface area contributed by atoms with Gasteiger partial charge in [-0.3, -0.25) is 4.72 Å². The van der Waals surface area contributed by atoms with Crippen molar-refractivity contribution in [1.29, 1.82) is 0 Å². The van der Waals surface area contributed by atoms with Crippen LogP contribution < -0.4 is 9.46 Å². The summed E-state index contributed by atoms with van der Waals surface area (Å²) >= 11 is 0. The quantitative estimate of drug-likeness (QED) is 0.837. The van der Waals surface area contributed by atoms with Crippen LogP contribution in [0, 0.1) is 12.7 Å². The Labute approximate surface area is 136 Å². The Balaban J connectivity index is 2.53. The van der Waals surface area contributed by atoms with E-state index in [1.807, 2.05) is 4.72 Å². The zero-order valence-electron chi connectivity index (χ0n) is 12.6. The number of benzene rings is 2. The first kappa shape index (κ1) is 18.1. The van der Waals surface area contributed by atoms with E-state index in [0.717, 1.165) is 12.7 Å². The third-order valence-corrected chi connectivity index (χ3v) is 4.52. The number of halogens is 4. The third-order valence-electron chi connectivity index (χ3n) is 3.14. The summed E-state index contributed by atoms with van der Waals surface area (Å²) in [5.41, 5.74) is -1.24. The van der Waals surface area contributed by atoms with Gasteiger partial charge in [0.1, 0.15) is 11.4 Å². The van der Waals surface area contributed by atoms with Crippen molar-refractivity contribution in [3.8, 4) is 5.75 Å². The van der Waals surface area contributed by atoms with Gasteiger partial charge in [-0.15, -0.1) is 0 Å². The minimum atomic E-state index is -4.91. The summed E-state index contributed by atoms with van der Waals surface area (Å²) in [7, 11) is -3.27. The molecule has 1 N–H and O–H groups in total. The maximum atomic E-state index is 13.5. The summed E-state index contributed by atoms with van der Waals surface area (Å²) in [5.74, 6) is -2.05. The number of sulfonamides is 1. The SMILES string of the molecule is COc1c(NS(=O)(=O)c2ccc(C)cc2)cc(F)cc1C(F)(F)F. The fourth-order valence-electron chi connectivity index (χ4n) is 2.02. The van der Waals surface area contributed by atoms with E-state index < -0.39 is 39.0 Å². The Morgan fingerprint density at radius 3 is 2.17 bits per heavy atom. The number of anilines is 1. The molecule has 0 amide bonds. The molecule has 0 atom stereocenters. The lowest BCUT2D eigenvalue weighted by molar-refractivity contribution is -0.138. The first-order chi connectivity index (χ1) is 11.0. The molecule has 24 heavy (non-hydrogen) atoms. The molecule has 0 aliphatic carbocycles. The van der Waals surface area contributed by atoms with Crippen LogP contribution >= 0.6 is 0 Å². The molecular formula is C15H13F4NO3S. The molecule has 0 unspecified atom stereocenters. The number of methoxy groups -OCH3 is 1. The Hall–Kier alpha value is -2.29. The monoisotopic (exact) mass is 363 g/mol. The molecule has 0 aliphatic rings. The predicted molar refractivity (Wildman–Crippen MR) is 79.9 cm³/mol. The van der Waals surface area contributed by atoms with Gasteiger partial charge in [-0.05, 0) is 25.1 Å². The molecule has 0 aliphatic heterocycles. The van der Waals surface area contributed by atoms with Gasteiger partial charge in [-0.2, -0.15) is 13.2 Å². The normalized spacial score (nSPS) is 12.1. The molecule has 0 radical (unpaired) electrons. The molecule has 2 rings (SSSR count). The average molecular weight is 363 g/mol. The molecule has 4 nitrogen and oxygen atoms in total. The van der Waals surface area contributed by atoms with Gasteiger partial charge in [0.05, 0.1) is 17.7 Å². The number of rotatable bonds is 4. The molecule has 0 saturated carbocycles. The van der Waals surface area contributed by atoms with E-state index in [9.17, 15) is 26.0 Å². The standard InChI is InChI=1S/C15H13F4NO3S/c1-9-3-5-11(6-4-9)24(21,22)20-13-8-10(16)7-12(14(13)23-2)15(17,18)19/h3-8,20H,1-2H3. The van der Waals surface area contributed by atoms with Crippen molar-refractivity contribution >= 4 is 15.7 Å². The minimum absolute atomic E-state index is 0.173. The molecule has 130 valence electrons. The van der Waals surface area contributed by atoms with Crippen LogP contribution in [0.25, 0.3) is 0 Å². The first-order valence-corrected chi connectivity index (χ1v) is 8.07. The highest BCUT2D eigenvalue weighted by molar-refractivity contribution is 7.92. The lowest BCUT2D eigenvalue weighted by Crippen LogP contribution is -2.16. The molecule has 0 heterocycles. The third kappa shape index (κ3) is 3.78. The first-order valence-electron chi connectivity index (χ1n) is 6.59. The Bertz CT molecular complexity index is 846. The van der Waals surface area contributed by atoms with E-state index in [4.69, 9.17) is 0 Å². The van der Waals surface area contributed by atoms with Crippen molar-refractivity contribution in [2.45, 2.75) is 18.0 Å². The number of ether oxygens (including phenoxy) is 1. The van der Waals surface area contributed by atoms with E-state index in [1.165, 1.54) is 24.3 Å². The minimum Gasteiger partial charge on any atom is -0.494 e. The second-order valence-electron chi connectivity index (χ2n) is 4.95. The second kappa shape index (κ2) is 6.31. The van der Waals surface area contributed by atoms with Gasteiger partial charge >= 0.3 is 6.18 Å². The fourth-order valence-corrected chi connectivity index (χ4v) is 3.07. The van der Waals surface area contributed by atoms with Gasteiger partial charge in [-0.1, -0.05) is 17.7 Å². The predicted octanol–water partition coefficient (Wildman–Crippen LogP) is 3.96. The number of nitrogens with one attached hydrogen (secondary N) is 1. The van der Waals surface area contributed by atoms with E-state index >= 15 is 0 Å². The molecule has 2 aromatic carbocycles. The van der Waals surface area contributed by atoms with Gasteiger partial charge in [0.2, 0.25) is 0 Å². The Kier molecular flexibility index (Phi) is 4.75. The van der Waals surface area contributed by atoms with Gasteiger partial charge in [0.25, 0.3) is 10.0 Å². The average Bonchev–Trinajstić information content (AvgIpc) is 2.45. The summed E-state index contributed by atoms with van der Waals surface area (Å²) in [6.45, 7) is 1.75. The maximum absolute atomic E-state index is 13.5. The Morgan fingerprint density at radius 1 is 1.08 bits per heavy atom. The summed E-state index contributed by atoms with van der Waals surface area (Å²) < 4.78 is 83.6. The van der Waals surface area contributed by atoms with Crippen LogP contribution in [0.2, 0.25) is 0 Å². The summed E-state index contributed by atoms with van der Waals surface area (Å²) in [6.07, 6.45) is -4.91. The van der Waals surface area contributed by atoms with E-state index in [-0.39, 0.29) is 11.0 Å². The molecular weight excluding hydrogens is 350 g/mol. The van der Waals surface area contributed by atoms with E-state index in [0.29, 0.717) is 6.07 Å². The zero-order valence-corrected chi connectivity index (χ0v) is 13.4. The lowest BCUT2D eigenvalue weighted by atomic mass is 10.1. The number of hydrogen-bond donors (Lipinski definition) is 1. The molecule has 0 aromatic heterocycles. The largest absolute Gasteiger partial charge is 0.494 e. The fraction of sp³-hybridized carbons (Fsp3) is 0.200. The van der Waals surface area contributed by atoms with Crippen molar-refractivity contribution < 1.29 is 30.7 Å². The number of hydrogen-bond acceptors (Lipinski definition) is 3. The second-order valence-corrected chi connectivity index (χ2v) is 6.63. The van der Waals surface area contributed by atoms with Gasteiger partial charge < -0.3 is 4.74 Å². The topological polar surface area (TPSA) is 55.4 Å². The highest BCUT2D eigenvalue weighted by Crippen LogP contribution is 2.41. The summed E-state index contributed by atoms with van der Waals surface area (Å²) in [6, 6.07) is 6.49. The molecule has 2 aromatic rings. The maximum Gasteiger partial charge on any atom is 0.420 e. The van der Waals surface area contributed by atoms with Crippen LogP contribution in [0.1, 0.15) is 11.1 Å². The van der Waals surface area contributed by atoms with Crippen molar-refractivity contribution in [3.63, 3.8) is 0 Å². The molecule has 9 heteroatoms. The zero-order chi connectivity index (χ0) is 18.1. The smallest absolute Gasteiger partial charge is 0.420 e. The highest BCUT2D eigenvalue weighted by atomic mass is 32.2. The molecule has 0 spiro atoms. The highest BCUT2D eigenvalue weighted by Gasteiger charge is 2.37. The van der Waals surface area contributed by atoms with Crippen LogP contribution in [0.3, 0.4) is 0 Å². The number of alkyl halides is 3. The molecule has 0 saturated heterocycles. The van der Waals surface area contributed by atoms with Crippen LogP contribution in [-0.2, 0) is 16.2 Å². The lowest BCUT2D eigenvalue weighted by Gasteiger charge is -2.17. The van der Waals surface area contributed by atoms with Crippen molar-refractivity contribution in [2.24, 2.45) is 0 Å². The van der Waals surface area contributed by atoms with E-state index in [2.05, 4.69) is 4.74 Å². The summed E-state index contributed by atoms with van der Waals surface area (Å²) in [4.78, 5) is -0.173. The van der Waals surface area contributed by atoms with Crippen LogP contribution in [0.15, 0.2) is 41.3 Å². The summed E-state index contributed by atoms with van der Waals surface area (Å²) in [5, 5.41) is 0. The number of aryl methyl sites for hydroxylation is 1. The van der Waals surface area contributed by atoms with Crippen LogP contribution in [-0.4, -0.2) is 15.5 Å². The van der Waals surface area contributed by atoms with Crippen LogP contribution in [0.5, 0.6) is 5.75 Å². The van der Waals surface area contributed by atoms with Crippen molar-refractivity contribution in [1.82, 2.24) is 0 Å². The van der Waals surface area contributed by atoms with Crippen molar-refractivity contribution in [2.75, 3.05) is 11.8 Å². The molecule has 0 fully saturated rings.